The molecule has 0 bridgehead atoms. The summed E-state index contributed by atoms with van der Waals surface area (Å²) in [5.41, 5.74) is 0.0886. The first-order valence-corrected chi connectivity index (χ1v) is 9.87. The summed E-state index contributed by atoms with van der Waals surface area (Å²) in [6.07, 6.45) is 0.878. The van der Waals surface area contributed by atoms with Crippen molar-refractivity contribution >= 4 is 17.7 Å². The van der Waals surface area contributed by atoms with Gasteiger partial charge < -0.3 is 19.9 Å². The standard InChI is InChI=1S/C20H23ClN6O4/c1-20(2,3)31-19(29)23-15(12-28)11-27-25-18(24-26-27)13-4-7-16(8-5-13)30-17-9-6-14(21)10-22-17/h4-10,15,28H,11-12H2,1-3H3,(H,23,29)/t15-/m0/s1. The largest absolute Gasteiger partial charge is 0.444 e. The fourth-order valence-corrected chi connectivity index (χ4v) is 2.58. The van der Waals surface area contributed by atoms with Crippen LogP contribution in [-0.4, -0.2) is 54.6 Å². The molecule has 0 aliphatic heterocycles. The van der Waals surface area contributed by atoms with Crippen molar-refractivity contribution in [3.05, 3.63) is 47.6 Å². The van der Waals surface area contributed by atoms with E-state index in [1.165, 1.54) is 11.0 Å². The molecule has 0 fully saturated rings. The minimum atomic E-state index is -0.637. The first-order valence-electron chi connectivity index (χ1n) is 9.50. The number of halogens is 1. The summed E-state index contributed by atoms with van der Waals surface area (Å²) in [6, 6.07) is 9.83. The Hall–Kier alpha value is -3.24. The predicted octanol–water partition coefficient (Wildman–Crippen LogP) is 3.07. The average Bonchev–Trinajstić information content (AvgIpc) is 3.17. The summed E-state index contributed by atoms with van der Waals surface area (Å²) >= 11 is 5.82. The monoisotopic (exact) mass is 446 g/mol. The van der Waals surface area contributed by atoms with E-state index in [1.807, 2.05) is 0 Å². The summed E-state index contributed by atoms with van der Waals surface area (Å²) in [6.45, 7) is 5.10. The van der Waals surface area contributed by atoms with Crippen molar-refractivity contribution in [3.63, 3.8) is 0 Å². The van der Waals surface area contributed by atoms with Crippen molar-refractivity contribution in [3.8, 4) is 23.0 Å². The van der Waals surface area contributed by atoms with Gasteiger partial charge in [0.1, 0.15) is 11.4 Å². The van der Waals surface area contributed by atoms with Crippen molar-refractivity contribution in [1.82, 2.24) is 30.5 Å². The van der Waals surface area contributed by atoms with E-state index in [4.69, 9.17) is 21.1 Å². The van der Waals surface area contributed by atoms with Crippen LogP contribution in [0.5, 0.6) is 11.6 Å². The molecule has 3 rings (SSSR count). The van der Waals surface area contributed by atoms with Crippen molar-refractivity contribution in [1.29, 1.82) is 0 Å². The lowest BCUT2D eigenvalue weighted by atomic mass is 10.2. The third kappa shape index (κ3) is 6.90. The molecule has 0 spiro atoms. The number of carbonyl (C=O) groups is 1. The second-order valence-electron chi connectivity index (χ2n) is 7.63. The summed E-state index contributed by atoms with van der Waals surface area (Å²) in [5, 5.41) is 25.0. The Labute approximate surface area is 184 Å². The Bertz CT molecular complexity index is 1000. The minimum absolute atomic E-state index is 0.131. The Morgan fingerprint density at radius 2 is 1.97 bits per heavy atom. The summed E-state index contributed by atoms with van der Waals surface area (Å²) in [7, 11) is 0. The van der Waals surface area contributed by atoms with Gasteiger partial charge >= 0.3 is 6.09 Å². The number of ether oxygens (including phenoxy) is 2. The highest BCUT2D eigenvalue weighted by Gasteiger charge is 2.20. The molecule has 11 heteroatoms. The van der Waals surface area contributed by atoms with Crippen LogP contribution in [0.1, 0.15) is 20.8 Å². The number of hydrogen-bond acceptors (Lipinski definition) is 8. The van der Waals surface area contributed by atoms with Gasteiger partial charge in [-0.15, -0.1) is 10.2 Å². The number of aliphatic hydroxyl groups excluding tert-OH is 1. The van der Waals surface area contributed by atoms with E-state index in [2.05, 4.69) is 25.7 Å². The van der Waals surface area contributed by atoms with Crippen LogP contribution in [0.4, 0.5) is 4.79 Å². The minimum Gasteiger partial charge on any atom is -0.444 e. The Kier molecular flexibility index (Phi) is 7.03. The van der Waals surface area contributed by atoms with Gasteiger partial charge in [-0.25, -0.2) is 9.78 Å². The van der Waals surface area contributed by atoms with Crippen molar-refractivity contribution in [2.45, 2.75) is 39.0 Å². The molecule has 164 valence electrons. The number of amides is 1. The van der Waals surface area contributed by atoms with Crippen LogP contribution < -0.4 is 10.1 Å². The number of tetrazole rings is 1. The maximum atomic E-state index is 11.9. The molecule has 2 N–H and O–H groups in total. The summed E-state index contributed by atoms with van der Waals surface area (Å²) in [4.78, 5) is 17.3. The van der Waals surface area contributed by atoms with E-state index in [-0.39, 0.29) is 13.2 Å². The first kappa shape index (κ1) is 22.4. The van der Waals surface area contributed by atoms with E-state index >= 15 is 0 Å². The lowest BCUT2D eigenvalue weighted by Crippen LogP contribution is -2.43. The zero-order valence-electron chi connectivity index (χ0n) is 17.3. The number of benzene rings is 1. The third-order valence-electron chi connectivity index (χ3n) is 3.81. The summed E-state index contributed by atoms with van der Waals surface area (Å²) in [5.74, 6) is 1.41. The maximum absolute atomic E-state index is 11.9. The fourth-order valence-electron chi connectivity index (χ4n) is 2.47. The highest BCUT2D eigenvalue weighted by atomic mass is 35.5. The number of aromatic nitrogens is 5. The first-order chi connectivity index (χ1) is 14.7. The molecular weight excluding hydrogens is 424 g/mol. The van der Waals surface area contributed by atoms with E-state index < -0.39 is 17.7 Å². The highest BCUT2D eigenvalue weighted by Crippen LogP contribution is 2.23. The number of rotatable bonds is 7. The van der Waals surface area contributed by atoms with Gasteiger partial charge in [0.25, 0.3) is 0 Å². The van der Waals surface area contributed by atoms with Gasteiger partial charge in [0, 0.05) is 17.8 Å². The van der Waals surface area contributed by atoms with E-state index in [0.717, 1.165) is 5.56 Å². The second-order valence-corrected chi connectivity index (χ2v) is 8.07. The van der Waals surface area contributed by atoms with Crippen LogP contribution in [0, 0.1) is 0 Å². The van der Waals surface area contributed by atoms with Gasteiger partial charge in [0.15, 0.2) is 0 Å². The molecular formula is C20H23ClN6O4. The molecule has 2 aromatic heterocycles. The van der Waals surface area contributed by atoms with Crippen LogP contribution in [0.2, 0.25) is 5.02 Å². The maximum Gasteiger partial charge on any atom is 0.408 e. The molecule has 2 heterocycles. The number of nitrogens with one attached hydrogen (secondary N) is 1. The molecule has 0 saturated heterocycles. The van der Waals surface area contributed by atoms with Crippen molar-refractivity contribution < 1.29 is 19.4 Å². The molecule has 0 aliphatic rings. The molecule has 10 nitrogen and oxygen atoms in total. The molecule has 0 saturated carbocycles. The number of aliphatic hydroxyl groups is 1. The molecule has 0 radical (unpaired) electrons. The van der Waals surface area contributed by atoms with E-state index in [1.54, 1.807) is 57.2 Å². The topological polar surface area (TPSA) is 124 Å². The van der Waals surface area contributed by atoms with Gasteiger partial charge in [-0.3, -0.25) is 0 Å². The zero-order chi connectivity index (χ0) is 22.4. The Morgan fingerprint density at radius 3 is 2.58 bits per heavy atom. The lowest BCUT2D eigenvalue weighted by molar-refractivity contribution is 0.0472. The van der Waals surface area contributed by atoms with Crippen molar-refractivity contribution in [2.24, 2.45) is 0 Å². The second kappa shape index (κ2) is 9.71. The Balaban J connectivity index is 1.60. The average molecular weight is 447 g/mol. The van der Waals surface area contributed by atoms with Crippen LogP contribution in [-0.2, 0) is 11.3 Å². The molecule has 0 aliphatic carbocycles. The fraction of sp³-hybridized carbons (Fsp3) is 0.350. The van der Waals surface area contributed by atoms with Crippen molar-refractivity contribution in [2.75, 3.05) is 6.61 Å². The van der Waals surface area contributed by atoms with Gasteiger partial charge in [-0.05, 0) is 56.3 Å². The predicted molar refractivity (Wildman–Crippen MR) is 113 cm³/mol. The molecule has 1 aromatic carbocycles. The number of pyridine rings is 1. The zero-order valence-corrected chi connectivity index (χ0v) is 18.1. The van der Waals surface area contributed by atoms with Crippen LogP contribution in [0.3, 0.4) is 0 Å². The summed E-state index contributed by atoms with van der Waals surface area (Å²) < 4.78 is 10.8. The van der Waals surface area contributed by atoms with Gasteiger partial charge in [-0.1, -0.05) is 11.6 Å². The van der Waals surface area contributed by atoms with Gasteiger partial charge in [0.05, 0.1) is 24.2 Å². The quantitative estimate of drug-likeness (QED) is 0.567. The van der Waals surface area contributed by atoms with Gasteiger partial charge in [-0.2, -0.15) is 4.80 Å². The molecule has 3 aromatic rings. The SMILES string of the molecule is CC(C)(C)OC(=O)N[C@H](CO)Cn1nnc(-c2ccc(Oc3ccc(Cl)cn3)cc2)n1. The lowest BCUT2D eigenvalue weighted by Gasteiger charge is -2.22. The smallest absolute Gasteiger partial charge is 0.408 e. The van der Waals surface area contributed by atoms with Crippen LogP contribution in [0.15, 0.2) is 42.6 Å². The van der Waals surface area contributed by atoms with Gasteiger partial charge in [0.2, 0.25) is 11.7 Å². The van der Waals surface area contributed by atoms with E-state index in [9.17, 15) is 9.90 Å². The van der Waals surface area contributed by atoms with E-state index in [0.29, 0.717) is 22.5 Å². The van der Waals surface area contributed by atoms with Crippen LogP contribution >= 0.6 is 11.6 Å². The number of carbonyl (C=O) groups excluding carboxylic acids is 1. The Morgan fingerprint density at radius 1 is 1.23 bits per heavy atom. The molecule has 1 atom stereocenters. The van der Waals surface area contributed by atoms with Crippen LogP contribution in [0.25, 0.3) is 11.4 Å². The molecule has 0 unspecified atom stereocenters. The number of alkyl carbamates (subject to hydrolysis) is 1. The normalized spacial score (nSPS) is 12.3. The number of hydrogen-bond donors (Lipinski definition) is 2. The molecule has 31 heavy (non-hydrogen) atoms. The number of nitrogens with zero attached hydrogens (tertiary/aromatic N) is 5. The highest BCUT2D eigenvalue weighted by molar-refractivity contribution is 6.30. The third-order valence-corrected chi connectivity index (χ3v) is 4.04. The molecule has 1 amide bonds.